The van der Waals surface area contributed by atoms with Crippen molar-refractivity contribution >= 4 is 24.3 Å². The average molecular weight is 345 g/mol. The van der Waals surface area contributed by atoms with Gasteiger partial charge in [0.1, 0.15) is 0 Å². The van der Waals surface area contributed by atoms with E-state index in [4.69, 9.17) is 10.8 Å². The fourth-order valence-corrected chi connectivity index (χ4v) is 2.13. The Labute approximate surface area is 142 Å². The SMILES string of the molecule is CC(C)[C@@H](N)[C@@](O)(NC(=O)CCCc1ccccc1)C(=O)O.Cl. The van der Waals surface area contributed by atoms with Crippen LogP contribution in [0.2, 0.25) is 0 Å². The lowest BCUT2D eigenvalue weighted by Crippen LogP contribution is -2.66. The first-order chi connectivity index (χ1) is 10.3. The van der Waals surface area contributed by atoms with Gasteiger partial charge in [-0.05, 0) is 24.3 Å². The van der Waals surface area contributed by atoms with Crippen molar-refractivity contribution in [3.63, 3.8) is 0 Å². The summed E-state index contributed by atoms with van der Waals surface area (Å²) in [5, 5.41) is 21.5. The highest BCUT2D eigenvalue weighted by Gasteiger charge is 2.45. The number of carbonyl (C=O) groups is 2. The minimum Gasteiger partial charge on any atom is -0.478 e. The van der Waals surface area contributed by atoms with Crippen LogP contribution in [0.3, 0.4) is 0 Å². The zero-order valence-electron chi connectivity index (χ0n) is 13.4. The van der Waals surface area contributed by atoms with Crippen LogP contribution in [0.25, 0.3) is 0 Å². The van der Waals surface area contributed by atoms with Crippen molar-refractivity contribution in [1.29, 1.82) is 0 Å². The van der Waals surface area contributed by atoms with E-state index in [1.807, 2.05) is 30.3 Å². The second-order valence-electron chi connectivity index (χ2n) is 5.73. The van der Waals surface area contributed by atoms with Gasteiger partial charge in [-0.3, -0.25) is 4.79 Å². The van der Waals surface area contributed by atoms with E-state index in [1.165, 1.54) is 0 Å². The summed E-state index contributed by atoms with van der Waals surface area (Å²) < 4.78 is 0. The van der Waals surface area contributed by atoms with Crippen LogP contribution in [0.5, 0.6) is 0 Å². The van der Waals surface area contributed by atoms with Crippen LogP contribution in [0.4, 0.5) is 0 Å². The molecule has 0 aromatic heterocycles. The van der Waals surface area contributed by atoms with Gasteiger partial charge in [0.2, 0.25) is 5.91 Å². The number of hydrogen-bond acceptors (Lipinski definition) is 4. The van der Waals surface area contributed by atoms with Crippen LogP contribution in [-0.2, 0) is 16.0 Å². The van der Waals surface area contributed by atoms with Crippen molar-refractivity contribution in [2.24, 2.45) is 11.7 Å². The molecule has 0 saturated heterocycles. The number of nitrogens with two attached hydrogens (primary N) is 1. The fourth-order valence-electron chi connectivity index (χ4n) is 2.13. The molecule has 2 atom stereocenters. The molecule has 23 heavy (non-hydrogen) atoms. The maximum atomic E-state index is 11.9. The number of nitrogens with one attached hydrogen (secondary N) is 1. The van der Waals surface area contributed by atoms with Gasteiger partial charge in [-0.2, -0.15) is 0 Å². The third kappa shape index (κ3) is 6.17. The Morgan fingerprint density at radius 2 is 1.83 bits per heavy atom. The average Bonchev–Trinajstić information content (AvgIpc) is 2.47. The van der Waals surface area contributed by atoms with E-state index >= 15 is 0 Å². The summed E-state index contributed by atoms with van der Waals surface area (Å²) in [5.74, 6) is -2.38. The van der Waals surface area contributed by atoms with Gasteiger partial charge in [-0.1, -0.05) is 44.2 Å². The highest BCUT2D eigenvalue weighted by atomic mass is 35.5. The summed E-state index contributed by atoms with van der Waals surface area (Å²) in [5.41, 5.74) is 4.37. The molecule has 0 spiro atoms. The van der Waals surface area contributed by atoms with E-state index < -0.39 is 23.6 Å². The normalized spacial score (nSPS) is 14.5. The number of halogens is 1. The molecule has 0 aliphatic carbocycles. The van der Waals surface area contributed by atoms with E-state index in [0.717, 1.165) is 5.56 Å². The molecule has 1 aromatic carbocycles. The number of hydrogen-bond donors (Lipinski definition) is 4. The van der Waals surface area contributed by atoms with Crippen molar-refractivity contribution in [2.45, 2.75) is 44.9 Å². The Balaban J connectivity index is 0.00000484. The lowest BCUT2D eigenvalue weighted by Gasteiger charge is -2.32. The summed E-state index contributed by atoms with van der Waals surface area (Å²) in [6, 6.07) is 8.57. The molecule has 0 aliphatic heterocycles. The summed E-state index contributed by atoms with van der Waals surface area (Å²) in [7, 11) is 0. The Hall–Kier alpha value is -1.63. The van der Waals surface area contributed by atoms with Crippen molar-refractivity contribution in [3.8, 4) is 0 Å². The lowest BCUT2D eigenvalue weighted by atomic mass is 9.93. The Bertz CT molecular complexity index is 510. The quantitative estimate of drug-likeness (QED) is 0.531. The number of benzene rings is 1. The number of carboxylic acids is 1. The molecule has 7 heteroatoms. The monoisotopic (exact) mass is 344 g/mol. The molecule has 1 amide bonds. The molecule has 0 heterocycles. The zero-order valence-corrected chi connectivity index (χ0v) is 14.2. The molecule has 6 nitrogen and oxygen atoms in total. The molecule has 0 unspecified atom stereocenters. The van der Waals surface area contributed by atoms with E-state index in [0.29, 0.717) is 12.8 Å². The van der Waals surface area contributed by atoms with Gasteiger partial charge in [-0.15, -0.1) is 12.4 Å². The van der Waals surface area contributed by atoms with Crippen molar-refractivity contribution in [2.75, 3.05) is 0 Å². The van der Waals surface area contributed by atoms with Gasteiger partial charge in [-0.25, -0.2) is 4.79 Å². The fraction of sp³-hybridized carbons (Fsp3) is 0.500. The lowest BCUT2D eigenvalue weighted by molar-refractivity contribution is -0.170. The van der Waals surface area contributed by atoms with Crippen LogP contribution in [0.1, 0.15) is 32.3 Å². The second kappa shape index (κ2) is 9.50. The minimum atomic E-state index is -2.45. The molecular formula is C16H25ClN2O4. The molecular weight excluding hydrogens is 320 g/mol. The number of aliphatic carboxylic acids is 1. The van der Waals surface area contributed by atoms with Gasteiger partial charge in [0.05, 0.1) is 6.04 Å². The Morgan fingerprint density at radius 1 is 1.26 bits per heavy atom. The summed E-state index contributed by atoms with van der Waals surface area (Å²) in [6.07, 6.45) is 1.38. The van der Waals surface area contributed by atoms with Crippen LogP contribution >= 0.6 is 12.4 Å². The van der Waals surface area contributed by atoms with Crippen LogP contribution < -0.4 is 11.1 Å². The predicted molar refractivity (Wildman–Crippen MR) is 90.2 cm³/mol. The maximum Gasteiger partial charge on any atom is 0.358 e. The number of aliphatic hydroxyl groups is 1. The first-order valence-corrected chi connectivity index (χ1v) is 7.33. The topological polar surface area (TPSA) is 113 Å². The maximum absolute atomic E-state index is 11.9. The molecule has 0 aliphatic rings. The minimum absolute atomic E-state index is 0. The Morgan fingerprint density at radius 3 is 2.30 bits per heavy atom. The second-order valence-corrected chi connectivity index (χ2v) is 5.73. The summed E-state index contributed by atoms with van der Waals surface area (Å²) in [4.78, 5) is 23.1. The molecule has 1 rings (SSSR count). The largest absolute Gasteiger partial charge is 0.478 e. The van der Waals surface area contributed by atoms with Crippen molar-refractivity contribution < 1.29 is 19.8 Å². The van der Waals surface area contributed by atoms with E-state index in [9.17, 15) is 14.7 Å². The number of carboxylic acid groups (broad SMARTS) is 1. The zero-order chi connectivity index (χ0) is 16.8. The van der Waals surface area contributed by atoms with Crippen LogP contribution in [0, 0.1) is 5.92 Å². The van der Waals surface area contributed by atoms with Gasteiger partial charge in [0, 0.05) is 6.42 Å². The van der Waals surface area contributed by atoms with E-state index in [1.54, 1.807) is 13.8 Å². The molecule has 5 N–H and O–H groups in total. The van der Waals surface area contributed by atoms with E-state index in [-0.39, 0.29) is 24.7 Å². The van der Waals surface area contributed by atoms with Crippen molar-refractivity contribution in [1.82, 2.24) is 5.32 Å². The third-order valence-electron chi connectivity index (χ3n) is 3.57. The standard InChI is InChI=1S/C16H24N2O4.ClH/c1-11(2)14(17)16(22,15(20)21)18-13(19)10-6-9-12-7-4-3-5-8-12;/h3-5,7-8,11,14,22H,6,9-10,17H2,1-2H3,(H,18,19)(H,20,21);1H/t14-,16+;/m1./s1. The van der Waals surface area contributed by atoms with Gasteiger partial charge in [0.15, 0.2) is 0 Å². The highest BCUT2D eigenvalue weighted by Crippen LogP contribution is 2.14. The predicted octanol–water partition coefficient (Wildman–Crippen LogP) is 1.30. The molecule has 0 radical (unpaired) electrons. The number of rotatable bonds is 8. The van der Waals surface area contributed by atoms with Crippen LogP contribution in [0.15, 0.2) is 30.3 Å². The number of amides is 1. The van der Waals surface area contributed by atoms with Crippen molar-refractivity contribution in [3.05, 3.63) is 35.9 Å². The third-order valence-corrected chi connectivity index (χ3v) is 3.57. The molecule has 0 saturated carbocycles. The smallest absolute Gasteiger partial charge is 0.358 e. The summed E-state index contributed by atoms with van der Waals surface area (Å²) >= 11 is 0. The van der Waals surface area contributed by atoms with Gasteiger partial charge in [0.25, 0.3) is 5.72 Å². The van der Waals surface area contributed by atoms with Gasteiger partial charge >= 0.3 is 5.97 Å². The summed E-state index contributed by atoms with van der Waals surface area (Å²) in [6.45, 7) is 3.36. The highest BCUT2D eigenvalue weighted by molar-refractivity contribution is 5.86. The number of aryl methyl sites for hydroxylation is 1. The molecule has 1 aromatic rings. The van der Waals surface area contributed by atoms with Crippen LogP contribution in [-0.4, -0.2) is 33.9 Å². The van der Waals surface area contributed by atoms with Gasteiger partial charge < -0.3 is 21.3 Å². The molecule has 0 fully saturated rings. The van der Waals surface area contributed by atoms with E-state index in [2.05, 4.69) is 5.32 Å². The Kier molecular flexibility index (Phi) is 8.82. The number of carbonyl (C=O) groups excluding carboxylic acids is 1. The first-order valence-electron chi connectivity index (χ1n) is 7.33. The molecule has 0 bridgehead atoms. The molecule has 130 valence electrons. The first kappa shape index (κ1) is 21.4.